The first-order valence-corrected chi connectivity index (χ1v) is 9.26. The number of carbonyl (C=O) groups excluding carboxylic acids is 2. The molecule has 1 aliphatic heterocycles. The molecule has 2 amide bonds. The van der Waals surface area contributed by atoms with Crippen molar-refractivity contribution < 1.29 is 22.4 Å². The van der Waals surface area contributed by atoms with Crippen LogP contribution in [0, 0.1) is 5.82 Å². The van der Waals surface area contributed by atoms with Gasteiger partial charge in [0.1, 0.15) is 5.82 Å². The number of sulfone groups is 1. The highest BCUT2D eigenvalue weighted by Gasteiger charge is 2.32. The van der Waals surface area contributed by atoms with Gasteiger partial charge < -0.3 is 10.2 Å². The molecule has 1 aromatic carbocycles. The van der Waals surface area contributed by atoms with Gasteiger partial charge in [-0.15, -0.1) is 0 Å². The van der Waals surface area contributed by atoms with Crippen LogP contribution in [0.15, 0.2) is 30.3 Å². The molecule has 130 valence electrons. The Kier molecular flexibility index (Phi) is 5.71. The van der Waals surface area contributed by atoms with Gasteiger partial charge in [-0.05, 0) is 30.2 Å². The number of carbonyl (C=O) groups is 2. The summed E-state index contributed by atoms with van der Waals surface area (Å²) in [5, 5.41) is 2.43. The average Bonchev–Trinajstić information content (AvgIpc) is 2.90. The molecule has 8 heteroatoms. The maximum Gasteiger partial charge on any atom is 0.244 e. The van der Waals surface area contributed by atoms with Crippen molar-refractivity contribution in [2.45, 2.75) is 12.5 Å². The highest BCUT2D eigenvalue weighted by Crippen LogP contribution is 2.16. The molecule has 2 rings (SSSR count). The summed E-state index contributed by atoms with van der Waals surface area (Å²) in [5.74, 6) is -1.20. The summed E-state index contributed by atoms with van der Waals surface area (Å²) < 4.78 is 35.9. The molecule has 0 spiro atoms. The Morgan fingerprint density at radius 2 is 2.17 bits per heavy atom. The molecule has 0 saturated carbocycles. The first kappa shape index (κ1) is 18.1. The van der Waals surface area contributed by atoms with Crippen LogP contribution in [0.5, 0.6) is 0 Å². The molecule has 6 nitrogen and oxygen atoms in total. The Hall–Kier alpha value is -2.22. The summed E-state index contributed by atoms with van der Waals surface area (Å²) in [6.45, 7) is -0.223. The van der Waals surface area contributed by atoms with Crippen LogP contribution in [-0.4, -0.2) is 56.3 Å². The first-order valence-electron chi connectivity index (χ1n) is 7.44. The molecule has 1 heterocycles. The summed E-state index contributed by atoms with van der Waals surface area (Å²) in [7, 11) is -1.54. The van der Waals surface area contributed by atoms with Crippen LogP contribution < -0.4 is 5.32 Å². The van der Waals surface area contributed by atoms with Crippen molar-refractivity contribution in [2.24, 2.45) is 0 Å². The second-order valence-electron chi connectivity index (χ2n) is 5.67. The summed E-state index contributed by atoms with van der Waals surface area (Å²) in [4.78, 5) is 25.1. The lowest BCUT2D eigenvalue weighted by Gasteiger charge is -2.23. The van der Waals surface area contributed by atoms with Crippen molar-refractivity contribution >= 4 is 27.7 Å². The summed E-state index contributed by atoms with van der Waals surface area (Å²) >= 11 is 0. The topological polar surface area (TPSA) is 83.6 Å². The molecule has 0 aromatic heterocycles. The van der Waals surface area contributed by atoms with E-state index in [0.717, 1.165) is 0 Å². The molecular formula is C16H19FN2O4S. The second-order valence-corrected chi connectivity index (χ2v) is 7.90. The van der Waals surface area contributed by atoms with Crippen molar-refractivity contribution in [3.8, 4) is 0 Å². The van der Waals surface area contributed by atoms with Crippen molar-refractivity contribution in [2.75, 3.05) is 25.1 Å². The number of halogens is 1. The van der Waals surface area contributed by atoms with Gasteiger partial charge in [-0.1, -0.05) is 12.1 Å². The molecule has 24 heavy (non-hydrogen) atoms. The van der Waals surface area contributed by atoms with E-state index in [0.29, 0.717) is 12.0 Å². The largest absolute Gasteiger partial charge is 0.343 e. The SMILES string of the molecule is CN(C(=O)CNC(=O)/C=C/c1cccc(F)c1)C1CCS(=O)(=O)C1. The molecule has 1 aliphatic rings. The van der Waals surface area contributed by atoms with Gasteiger partial charge in [0.2, 0.25) is 11.8 Å². The Balaban J connectivity index is 1.82. The minimum atomic E-state index is -3.07. The van der Waals surface area contributed by atoms with Crippen molar-refractivity contribution in [1.82, 2.24) is 10.2 Å². The van der Waals surface area contributed by atoms with E-state index < -0.39 is 21.6 Å². The molecule has 1 atom stereocenters. The normalized spacial score (nSPS) is 19.3. The van der Waals surface area contributed by atoms with Gasteiger partial charge in [-0.3, -0.25) is 9.59 Å². The summed E-state index contributed by atoms with van der Waals surface area (Å²) in [6.07, 6.45) is 3.07. The first-order chi connectivity index (χ1) is 11.3. The third-order valence-electron chi connectivity index (χ3n) is 3.84. The molecule has 0 aliphatic carbocycles. The van der Waals surface area contributed by atoms with E-state index in [-0.39, 0.29) is 30.0 Å². The van der Waals surface area contributed by atoms with E-state index in [2.05, 4.69) is 5.32 Å². The molecule has 1 saturated heterocycles. The van der Waals surface area contributed by atoms with Crippen molar-refractivity contribution in [3.05, 3.63) is 41.7 Å². The Bertz CT molecular complexity index is 761. The van der Waals surface area contributed by atoms with Crippen LogP contribution in [0.4, 0.5) is 4.39 Å². The maximum atomic E-state index is 13.0. The number of nitrogens with one attached hydrogen (secondary N) is 1. The molecule has 1 aromatic rings. The number of benzene rings is 1. The van der Waals surface area contributed by atoms with Crippen LogP contribution >= 0.6 is 0 Å². The zero-order chi connectivity index (χ0) is 17.7. The van der Waals surface area contributed by atoms with E-state index in [4.69, 9.17) is 0 Å². The molecule has 1 N–H and O–H groups in total. The van der Waals surface area contributed by atoms with Crippen LogP contribution in [0.3, 0.4) is 0 Å². The number of amides is 2. The van der Waals surface area contributed by atoms with E-state index in [1.165, 1.54) is 42.3 Å². The maximum absolute atomic E-state index is 13.0. The molecule has 1 unspecified atom stereocenters. The quantitative estimate of drug-likeness (QED) is 0.785. The number of nitrogens with zero attached hydrogens (tertiary/aromatic N) is 1. The smallest absolute Gasteiger partial charge is 0.244 e. The number of likely N-dealkylation sites (N-methyl/N-ethyl adjacent to an activating group) is 1. The van der Waals surface area contributed by atoms with Crippen LogP contribution in [0.2, 0.25) is 0 Å². The molecular weight excluding hydrogens is 335 g/mol. The fourth-order valence-electron chi connectivity index (χ4n) is 2.41. The zero-order valence-corrected chi connectivity index (χ0v) is 14.1. The van der Waals surface area contributed by atoms with Gasteiger partial charge in [-0.25, -0.2) is 12.8 Å². The lowest BCUT2D eigenvalue weighted by molar-refractivity contribution is -0.132. The zero-order valence-electron chi connectivity index (χ0n) is 13.2. The van der Waals surface area contributed by atoms with Crippen LogP contribution in [0.25, 0.3) is 6.08 Å². The fraction of sp³-hybridized carbons (Fsp3) is 0.375. The van der Waals surface area contributed by atoms with Gasteiger partial charge in [0.05, 0.1) is 18.1 Å². The number of hydrogen-bond donors (Lipinski definition) is 1. The minimum absolute atomic E-state index is 0.0390. The molecule has 0 bridgehead atoms. The molecule has 1 fully saturated rings. The standard InChI is InChI=1S/C16H19FN2O4S/c1-19(14-7-8-24(22,23)11-14)16(21)10-18-15(20)6-5-12-3-2-4-13(17)9-12/h2-6,9,14H,7-8,10-11H2,1H3,(H,18,20)/b6-5+. The Labute approximate surface area is 140 Å². The monoisotopic (exact) mass is 354 g/mol. The second kappa shape index (κ2) is 7.57. The predicted molar refractivity (Wildman–Crippen MR) is 88.3 cm³/mol. The van der Waals surface area contributed by atoms with Gasteiger partial charge in [0.15, 0.2) is 9.84 Å². The van der Waals surface area contributed by atoms with Gasteiger partial charge in [-0.2, -0.15) is 0 Å². The highest BCUT2D eigenvalue weighted by atomic mass is 32.2. The Morgan fingerprint density at radius 1 is 1.42 bits per heavy atom. The molecule has 0 radical (unpaired) electrons. The number of hydrogen-bond acceptors (Lipinski definition) is 4. The fourth-order valence-corrected chi connectivity index (χ4v) is 4.19. The average molecular weight is 354 g/mol. The van der Waals surface area contributed by atoms with Crippen molar-refractivity contribution in [1.29, 1.82) is 0 Å². The lowest BCUT2D eigenvalue weighted by Crippen LogP contribution is -2.43. The van der Waals surface area contributed by atoms with Crippen LogP contribution in [-0.2, 0) is 19.4 Å². The van der Waals surface area contributed by atoms with E-state index >= 15 is 0 Å². The Morgan fingerprint density at radius 3 is 2.79 bits per heavy atom. The highest BCUT2D eigenvalue weighted by molar-refractivity contribution is 7.91. The van der Waals surface area contributed by atoms with Gasteiger partial charge in [0.25, 0.3) is 0 Å². The van der Waals surface area contributed by atoms with E-state index in [9.17, 15) is 22.4 Å². The lowest BCUT2D eigenvalue weighted by atomic mass is 10.2. The third kappa shape index (κ3) is 5.16. The predicted octanol–water partition coefficient (Wildman–Crippen LogP) is 0.601. The van der Waals surface area contributed by atoms with E-state index in [1.807, 2.05) is 0 Å². The van der Waals surface area contributed by atoms with Crippen LogP contribution in [0.1, 0.15) is 12.0 Å². The summed E-state index contributed by atoms with van der Waals surface area (Å²) in [6, 6.07) is 5.41. The van der Waals surface area contributed by atoms with E-state index in [1.54, 1.807) is 6.07 Å². The van der Waals surface area contributed by atoms with Crippen molar-refractivity contribution in [3.63, 3.8) is 0 Å². The number of rotatable bonds is 5. The van der Waals surface area contributed by atoms with Gasteiger partial charge >= 0.3 is 0 Å². The minimum Gasteiger partial charge on any atom is -0.343 e. The van der Waals surface area contributed by atoms with Gasteiger partial charge in [0, 0.05) is 19.2 Å². The summed E-state index contributed by atoms with van der Waals surface area (Å²) in [5.41, 5.74) is 0.532. The third-order valence-corrected chi connectivity index (χ3v) is 5.59.